The van der Waals surface area contributed by atoms with Crippen LogP contribution in [0.4, 0.5) is 0 Å². The molecule has 0 spiro atoms. The first-order valence-electron chi connectivity index (χ1n) is 5.26. The van der Waals surface area contributed by atoms with Gasteiger partial charge in [0.2, 0.25) is 0 Å². The third-order valence-corrected chi connectivity index (χ3v) is 2.36. The van der Waals surface area contributed by atoms with Crippen molar-refractivity contribution < 1.29 is 14.6 Å². The van der Waals surface area contributed by atoms with E-state index < -0.39 is 6.10 Å². The Morgan fingerprint density at radius 1 is 1.40 bits per heavy atom. The second-order valence-corrected chi connectivity index (χ2v) is 3.85. The van der Waals surface area contributed by atoms with E-state index >= 15 is 0 Å². The molecule has 0 amide bonds. The first-order valence-corrected chi connectivity index (χ1v) is 5.26. The molecule has 1 aliphatic rings. The maximum absolute atomic E-state index is 9.53. The highest BCUT2D eigenvalue weighted by atomic mass is 16.6. The van der Waals surface area contributed by atoms with Gasteiger partial charge in [0, 0.05) is 6.42 Å². The van der Waals surface area contributed by atoms with E-state index in [2.05, 4.69) is 0 Å². The molecule has 0 radical (unpaired) electrons. The molecule has 1 aromatic rings. The number of benzene rings is 1. The highest BCUT2D eigenvalue weighted by molar-refractivity contribution is 5.13. The molecule has 0 unspecified atom stereocenters. The number of rotatable bonds is 6. The normalized spacial score (nSPS) is 21.3. The number of aliphatic hydroxyl groups is 1. The number of epoxide rings is 1. The van der Waals surface area contributed by atoms with Gasteiger partial charge < -0.3 is 14.6 Å². The van der Waals surface area contributed by atoms with Crippen molar-refractivity contribution in [1.82, 2.24) is 0 Å². The Bertz CT molecular complexity index is 282. The van der Waals surface area contributed by atoms with Crippen molar-refractivity contribution >= 4 is 0 Å². The highest BCUT2D eigenvalue weighted by Gasteiger charge is 2.25. The van der Waals surface area contributed by atoms with E-state index in [1.165, 1.54) is 0 Å². The highest BCUT2D eigenvalue weighted by Crippen LogP contribution is 2.15. The van der Waals surface area contributed by atoms with Gasteiger partial charge in [-0.25, -0.2) is 0 Å². The minimum atomic E-state index is -0.402. The van der Waals surface area contributed by atoms with E-state index in [0.717, 1.165) is 12.2 Å². The third-order valence-electron chi connectivity index (χ3n) is 2.36. The van der Waals surface area contributed by atoms with E-state index in [9.17, 15) is 5.11 Å². The zero-order valence-corrected chi connectivity index (χ0v) is 8.63. The van der Waals surface area contributed by atoms with E-state index in [1.807, 2.05) is 30.3 Å². The zero-order valence-electron chi connectivity index (χ0n) is 8.63. The second-order valence-electron chi connectivity index (χ2n) is 3.85. The molecule has 0 saturated carbocycles. The second kappa shape index (κ2) is 5.26. The Hall–Kier alpha value is -0.900. The van der Waals surface area contributed by atoms with E-state index in [1.54, 1.807) is 0 Å². The predicted octanol–water partition coefficient (Wildman–Crippen LogP) is 1.35. The van der Waals surface area contributed by atoms with Gasteiger partial charge in [0.25, 0.3) is 0 Å². The standard InChI is InChI=1S/C12H16O3/c13-11(6-12-9-15-12)8-14-7-10-4-2-1-3-5-10/h1-5,11-13H,6-9H2/t11-,12-/m1/s1. The van der Waals surface area contributed by atoms with Gasteiger partial charge in [0.15, 0.2) is 0 Å². The van der Waals surface area contributed by atoms with Crippen LogP contribution in [0, 0.1) is 0 Å². The molecule has 2 atom stereocenters. The van der Waals surface area contributed by atoms with Crippen molar-refractivity contribution in [2.24, 2.45) is 0 Å². The molecule has 1 aliphatic heterocycles. The van der Waals surface area contributed by atoms with Crippen LogP contribution < -0.4 is 0 Å². The maximum Gasteiger partial charge on any atom is 0.0835 e. The van der Waals surface area contributed by atoms with Crippen molar-refractivity contribution in [2.75, 3.05) is 13.2 Å². The summed E-state index contributed by atoms with van der Waals surface area (Å²) >= 11 is 0. The molecule has 1 heterocycles. The SMILES string of the molecule is O[C@@H](COCc1ccccc1)C[C@@H]1CO1. The molecule has 2 rings (SSSR count). The van der Waals surface area contributed by atoms with Crippen molar-refractivity contribution in [3.63, 3.8) is 0 Å². The number of ether oxygens (including phenoxy) is 2. The summed E-state index contributed by atoms with van der Waals surface area (Å²) < 4.78 is 10.4. The van der Waals surface area contributed by atoms with Gasteiger partial charge >= 0.3 is 0 Å². The molecule has 1 aromatic carbocycles. The Balaban J connectivity index is 1.61. The summed E-state index contributed by atoms with van der Waals surface area (Å²) in [5.74, 6) is 0. The van der Waals surface area contributed by atoms with Gasteiger partial charge in [0.1, 0.15) is 0 Å². The van der Waals surface area contributed by atoms with E-state index in [0.29, 0.717) is 19.6 Å². The summed E-state index contributed by atoms with van der Waals surface area (Å²) in [5.41, 5.74) is 1.13. The minimum Gasteiger partial charge on any atom is -0.391 e. The predicted molar refractivity (Wildman–Crippen MR) is 56.5 cm³/mol. The van der Waals surface area contributed by atoms with Gasteiger partial charge in [0.05, 0.1) is 32.0 Å². The van der Waals surface area contributed by atoms with E-state index in [-0.39, 0.29) is 6.10 Å². The van der Waals surface area contributed by atoms with Crippen LogP contribution in [0.2, 0.25) is 0 Å². The fraction of sp³-hybridized carbons (Fsp3) is 0.500. The van der Waals surface area contributed by atoms with Crippen LogP contribution in [-0.2, 0) is 16.1 Å². The molecule has 0 aliphatic carbocycles. The molecule has 82 valence electrons. The molecule has 1 saturated heterocycles. The molecule has 3 nitrogen and oxygen atoms in total. The maximum atomic E-state index is 9.53. The van der Waals surface area contributed by atoms with Gasteiger partial charge in [-0.1, -0.05) is 30.3 Å². The molecule has 15 heavy (non-hydrogen) atoms. The van der Waals surface area contributed by atoms with Gasteiger partial charge in [-0.05, 0) is 5.56 Å². The van der Waals surface area contributed by atoms with Crippen molar-refractivity contribution in [3.05, 3.63) is 35.9 Å². The first kappa shape index (κ1) is 10.6. The summed E-state index contributed by atoms with van der Waals surface area (Å²) in [6.45, 7) is 1.73. The molecule has 1 N–H and O–H groups in total. The molecular weight excluding hydrogens is 192 g/mol. The largest absolute Gasteiger partial charge is 0.391 e. The summed E-state index contributed by atoms with van der Waals surface area (Å²) in [4.78, 5) is 0. The Morgan fingerprint density at radius 3 is 2.80 bits per heavy atom. The van der Waals surface area contributed by atoms with Crippen LogP contribution in [0.15, 0.2) is 30.3 Å². The molecule has 0 bridgehead atoms. The lowest BCUT2D eigenvalue weighted by molar-refractivity contribution is 0.0211. The van der Waals surface area contributed by atoms with Crippen molar-refractivity contribution in [2.45, 2.75) is 25.2 Å². The summed E-state index contributed by atoms with van der Waals surface area (Å²) in [6, 6.07) is 9.95. The summed E-state index contributed by atoms with van der Waals surface area (Å²) in [7, 11) is 0. The minimum absolute atomic E-state index is 0.264. The fourth-order valence-corrected chi connectivity index (χ4v) is 1.46. The third kappa shape index (κ3) is 4.00. The van der Waals surface area contributed by atoms with Crippen LogP contribution in [0.5, 0.6) is 0 Å². The van der Waals surface area contributed by atoms with Crippen molar-refractivity contribution in [1.29, 1.82) is 0 Å². The van der Waals surface area contributed by atoms with Gasteiger partial charge in [-0.15, -0.1) is 0 Å². The van der Waals surface area contributed by atoms with Gasteiger partial charge in [-0.3, -0.25) is 0 Å². The monoisotopic (exact) mass is 208 g/mol. The Kier molecular flexibility index (Phi) is 3.72. The Labute approximate surface area is 89.6 Å². The molecular formula is C12H16O3. The van der Waals surface area contributed by atoms with Gasteiger partial charge in [-0.2, -0.15) is 0 Å². The van der Waals surface area contributed by atoms with Crippen LogP contribution in [-0.4, -0.2) is 30.5 Å². The summed E-state index contributed by atoms with van der Waals surface area (Å²) in [5, 5.41) is 9.53. The molecule has 3 heteroatoms. The Morgan fingerprint density at radius 2 is 2.13 bits per heavy atom. The van der Waals surface area contributed by atoms with Crippen molar-refractivity contribution in [3.8, 4) is 0 Å². The van der Waals surface area contributed by atoms with E-state index in [4.69, 9.17) is 9.47 Å². The average Bonchev–Trinajstić information content (AvgIpc) is 3.03. The topological polar surface area (TPSA) is 42.0 Å². The molecule has 1 fully saturated rings. The number of aliphatic hydroxyl groups excluding tert-OH is 1. The molecule has 0 aromatic heterocycles. The first-order chi connectivity index (χ1) is 7.34. The average molecular weight is 208 g/mol. The number of hydrogen-bond acceptors (Lipinski definition) is 3. The van der Waals surface area contributed by atoms with Crippen LogP contribution >= 0.6 is 0 Å². The summed E-state index contributed by atoms with van der Waals surface area (Å²) in [6.07, 6.45) is 0.552. The quantitative estimate of drug-likeness (QED) is 0.717. The smallest absolute Gasteiger partial charge is 0.0835 e. The van der Waals surface area contributed by atoms with Crippen LogP contribution in [0.1, 0.15) is 12.0 Å². The lowest BCUT2D eigenvalue weighted by Gasteiger charge is -2.09. The zero-order chi connectivity index (χ0) is 10.5. The lowest BCUT2D eigenvalue weighted by Crippen LogP contribution is -2.17. The van der Waals surface area contributed by atoms with Crippen LogP contribution in [0.3, 0.4) is 0 Å². The number of hydrogen-bond donors (Lipinski definition) is 1. The lowest BCUT2D eigenvalue weighted by atomic mass is 10.2. The fourth-order valence-electron chi connectivity index (χ4n) is 1.46. The van der Waals surface area contributed by atoms with Crippen LogP contribution in [0.25, 0.3) is 0 Å².